The largest absolute Gasteiger partial charge is 0.496 e. The van der Waals surface area contributed by atoms with Crippen molar-refractivity contribution in [2.75, 3.05) is 12.8 Å². The fraction of sp³-hybridized carbons (Fsp3) is 0.105. The number of methoxy groups -OCH3 is 1. The van der Waals surface area contributed by atoms with Crippen LogP contribution >= 0.6 is 0 Å². The van der Waals surface area contributed by atoms with Gasteiger partial charge in [0.25, 0.3) is 0 Å². The van der Waals surface area contributed by atoms with Gasteiger partial charge in [-0.2, -0.15) is 0 Å². The zero-order chi connectivity index (χ0) is 16.7. The number of nitrogens with zero attached hydrogens (tertiary/aromatic N) is 1. The molecule has 0 atom stereocenters. The Bertz CT molecular complexity index is 1020. The summed E-state index contributed by atoms with van der Waals surface area (Å²) in [4.78, 5) is 4.29. The first kappa shape index (κ1) is 14.5. The molecule has 0 unspecified atom stereocenters. The van der Waals surface area contributed by atoms with Crippen LogP contribution in [-0.2, 0) is 6.61 Å². The molecule has 2 heterocycles. The van der Waals surface area contributed by atoms with Gasteiger partial charge in [-0.25, -0.2) is 4.98 Å². The summed E-state index contributed by atoms with van der Waals surface area (Å²) in [6, 6.07) is 13.4. The number of aromatic nitrogens is 1. The van der Waals surface area contributed by atoms with Crippen molar-refractivity contribution >= 4 is 27.6 Å². The van der Waals surface area contributed by atoms with Crippen LogP contribution in [0.4, 0.5) is 5.82 Å². The van der Waals surface area contributed by atoms with Gasteiger partial charge in [-0.1, -0.05) is 18.2 Å². The molecule has 0 radical (unpaired) electrons. The number of pyridine rings is 1. The highest BCUT2D eigenvalue weighted by Gasteiger charge is 2.16. The molecule has 0 fully saturated rings. The molecule has 0 amide bonds. The molecule has 120 valence electrons. The van der Waals surface area contributed by atoms with Crippen LogP contribution in [0, 0.1) is 0 Å². The maximum Gasteiger partial charge on any atom is 0.137 e. The van der Waals surface area contributed by atoms with Gasteiger partial charge in [-0.05, 0) is 29.8 Å². The van der Waals surface area contributed by atoms with Gasteiger partial charge >= 0.3 is 0 Å². The maximum absolute atomic E-state index is 9.54. The molecule has 3 N–H and O–H groups in total. The van der Waals surface area contributed by atoms with E-state index >= 15 is 0 Å². The van der Waals surface area contributed by atoms with Crippen LogP contribution in [0.5, 0.6) is 5.75 Å². The first-order valence-corrected chi connectivity index (χ1v) is 7.56. The van der Waals surface area contributed by atoms with Gasteiger partial charge in [0.15, 0.2) is 0 Å². The smallest absolute Gasteiger partial charge is 0.137 e. The number of rotatable bonds is 3. The lowest BCUT2D eigenvalue weighted by Gasteiger charge is -2.12. The number of aliphatic hydroxyl groups is 1. The maximum atomic E-state index is 9.54. The Morgan fingerprint density at radius 1 is 1.21 bits per heavy atom. The van der Waals surface area contributed by atoms with Gasteiger partial charge in [0.05, 0.1) is 19.1 Å². The van der Waals surface area contributed by atoms with Crippen LogP contribution in [-0.4, -0.2) is 17.2 Å². The van der Waals surface area contributed by atoms with Crippen molar-refractivity contribution in [1.29, 1.82) is 0 Å². The molecule has 0 aliphatic rings. The van der Waals surface area contributed by atoms with E-state index in [9.17, 15) is 5.11 Å². The normalized spacial score (nSPS) is 11.2. The number of nitrogen functional groups attached to an aromatic ring is 1. The second-order valence-electron chi connectivity index (χ2n) is 5.58. The Hall–Kier alpha value is -3.05. The number of hydrogen-bond donors (Lipinski definition) is 2. The lowest BCUT2D eigenvalue weighted by molar-refractivity contribution is 0.281. The van der Waals surface area contributed by atoms with Gasteiger partial charge in [0, 0.05) is 22.5 Å². The van der Waals surface area contributed by atoms with Crippen molar-refractivity contribution in [3.8, 4) is 17.1 Å². The van der Waals surface area contributed by atoms with E-state index in [2.05, 4.69) is 4.98 Å². The molecule has 0 saturated carbocycles. The zero-order valence-electron chi connectivity index (χ0n) is 13.1. The molecule has 5 nitrogen and oxygen atoms in total. The van der Waals surface area contributed by atoms with Crippen molar-refractivity contribution in [2.24, 2.45) is 0 Å². The van der Waals surface area contributed by atoms with Gasteiger partial charge in [-0.3, -0.25) is 0 Å². The molecule has 4 rings (SSSR count). The van der Waals surface area contributed by atoms with Gasteiger partial charge in [0.1, 0.15) is 22.9 Å². The topological polar surface area (TPSA) is 81.5 Å². The van der Waals surface area contributed by atoms with Crippen molar-refractivity contribution in [1.82, 2.24) is 4.98 Å². The highest BCUT2D eigenvalue weighted by atomic mass is 16.5. The van der Waals surface area contributed by atoms with Gasteiger partial charge < -0.3 is 20.0 Å². The third-order valence-corrected chi connectivity index (χ3v) is 4.13. The van der Waals surface area contributed by atoms with E-state index in [1.807, 2.05) is 36.4 Å². The van der Waals surface area contributed by atoms with Crippen molar-refractivity contribution < 1.29 is 14.3 Å². The third kappa shape index (κ3) is 2.18. The van der Waals surface area contributed by atoms with Crippen LogP contribution in [0.15, 0.2) is 53.1 Å². The van der Waals surface area contributed by atoms with E-state index in [0.29, 0.717) is 22.7 Å². The standard InChI is InChI=1S/C19H16N2O3/c1-23-17-7-11(10-22)6-13-14(9-21-19(20)18(13)17)16-8-12-4-2-3-5-15(12)24-16/h2-9,22H,10H2,1H3,(H2,20,21). The van der Waals surface area contributed by atoms with Crippen LogP contribution in [0.1, 0.15) is 5.56 Å². The third-order valence-electron chi connectivity index (χ3n) is 4.13. The molecule has 0 bridgehead atoms. The van der Waals surface area contributed by atoms with Crippen molar-refractivity contribution in [3.05, 3.63) is 54.2 Å². The fourth-order valence-electron chi connectivity index (χ4n) is 2.98. The van der Waals surface area contributed by atoms with Gasteiger partial charge in [-0.15, -0.1) is 0 Å². The Morgan fingerprint density at radius 3 is 2.79 bits per heavy atom. The van der Waals surface area contributed by atoms with Crippen molar-refractivity contribution in [2.45, 2.75) is 6.61 Å². The van der Waals surface area contributed by atoms with E-state index in [4.69, 9.17) is 14.9 Å². The first-order chi connectivity index (χ1) is 11.7. The minimum absolute atomic E-state index is 0.0892. The number of hydrogen-bond acceptors (Lipinski definition) is 5. The molecule has 4 aromatic rings. The summed E-state index contributed by atoms with van der Waals surface area (Å²) >= 11 is 0. The van der Waals surface area contributed by atoms with Crippen LogP contribution in [0.2, 0.25) is 0 Å². The highest BCUT2D eigenvalue weighted by Crippen LogP contribution is 2.38. The van der Waals surface area contributed by atoms with Crippen LogP contribution in [0.3, 0.4) is 0 Å². The van der Waals surface area contributed by atoms with E-state index < -0.39 is 0 Å². The summed E-state index contributed by atoms with van der Waals surface area (Å²) in [5, 5.41) is 12.1. The van der Waals surface area contributed by atoms with Crippen LogP contribution < -0.4 is 10.5 Å². The average molecular weight is 320 g/mol. The summed E-state index contributed by atoms with van der Waals surface area (Å²) in [7, 11) is 1.57. The molecule has 2 aromatic heterocycles. The number of anilines is 1. The van der Waals surface area contributed by atoms with Crippen molar-refractivity contribution in [3.63, 3.8) is 0 Å². The Morgan fingerprint density at radius 2 is 2.04 bits per heavy atom. The summed E-state index contributed by atoms with van der Waals surface area (Å²) in [6.07, 6.45) is 1.69. The zero-order valence-corrected chi connectivity index (χ0v) is 13.1. The number of aliphatic hydroxyl groups excluding tert-OH is 1. The predicted octanol–water partition coefficient (Wildman–Crippen LogP) is 3.73. The average Bonchev–Trinajstić information content (AvgIpc) is 3.04. The molecular formula is C19H16N2O3. The summed E-state index contributed by atoms with van der Waals surface area (Å²) in [5.74, 6) is 1.66. The minimum Gasteiger partial charge on any atom is -0.496 e. The Kier molecular flexibility index (Phi) is 3.36. The lowest BCUT2D eigenvalue weighted by atomic mass is 10.0. The molecular weight excluding hydrogens is 304 g/mol. The molecule has 0 spiro atoms. The van der Waals surface area contributed by atoms with Gasteiger partial charge in [0.2, 0.25) is 0 Å². The predicted molar refractivity (Wildman–Crippen MR) is 93.8 cm³/mol. The van der Waals surface area contributed by atoms with E-state index in [0.717, 1.165) is 27.5 Å². The molecule has 24 heavy (non-hydrogen) atoms. The SMILES string of the molecule is COc1cc(CO)cc2c(-c3cc4ccccc4o3)cnc(N)c12. The highest BCUT2D eigenvalue weighted by molar-refractivity contribution is 6.05. The van der Waals surface area contributed by atoms with E-state index in [1.54, 1.807) is 19.4 Å². The van der Waals surface area contributed by atoms with E-state index in [-0.39, 0.29) is 6.61 Å². The minimum atomic E-state index is -0.0892. The summed E-state index contributed by atoms with van der Waals surface area (Å²) < 4.78 is 11.4. The van der Waals surface area contributed by atoms with Crippen LogP contribution in [0.25, 0.3) is 33.1 Å². The molecule has 5 heteroatoms. The number of nitrogens with two attached hydrogens (primary N) is 1. The summed E-state index contributed by atoms with van der Waals surface area (Å²) in [5.41, 5.74) is 8.42. The fourth-order valence-corrected chi connectivity index (χ4v) is 2.98. The second-order valence-corrected chi connectivity index (χ2v) is 5.58. The quantitative estimate of drug-likeness (QED) is 0.601. The van der Waals surface area contributed by atoms with E-state index in [1.165, 1.54) is 0 Å². The monoisotopic (exact) mass is 320 g/mol. The lowest BCUT2D eigenvalue weighted by Crippen LogP contribution is -1.97. The Balaban J connectivity index is 2.06. The number of fused-ring (bicyclic) bond motifs is 2. The number of benzene rings is 2. The number of furan rings is 1. The summed E-state index contributed by atoms with van der Waals surface area (Å²) in [6.45, 7) is -0.0892. The molecule has 0 aliphatic carbocycles. The number of ether oxygens (including phenoxy) is 1. The molecule has 0 saturated heterocycles. The molecule has 0 aliphatic heterocycles. The second kappa shape index (κ2) is 5.54. The first-order valence-electron chi connectivity index (χ1n) is 7.56. The number of para-hydroxylation sites is 1. The molecule has 2 aromatic carbocycles. The Labute approximate surface area is 138 Å².